The fraction of sp³-hybridized carbons (Fsp3) is 0.381. The first kappa shape index (κ1) is 23.3. The summed E-state index contributed by atoms with van der Waals surface area (Å²) < 4.78 is 32.6. The van der Waals surface area contributed by atoms with Gasteiger partial charge in [-0.3, -0.25) is 9.59 Å². The van der Waals surface area contributed by atoms with Crippen LogP contribution in [0.5, 0.6) is 11.6 Å². The topological polar surface area (TPSA) is 108 Å². The lowest BCUT2D eigenvalue weighted by Gasteiger charge is -2.39. The Morgan fingerprint density at radius 3 is 2.48 bits per heavy atom. The molecular weight excluding hydrogens is 458 g/mol. The monoisotopic (exact) mass is 480 g/mol. The molecule has 0 saturated carbocycles. The van der Waals surface area contributed by atoms with Crippen LogP contribution >= 0.6 is 11.8 Å². The molecular formula is C21H23ClF2N6O3. The van der Waals surface area contributed by atoms with Gasteiger partial charge in [0.25, 0.3) is 5.91 Å². The number of carbonyl (C=O) groups is 2. The number of pyridine rings is 1. The van der Waals surface area contributed by atoms with Crippen molar-refractivity contribution in [2.24, 2.45) is 0 Å². The van der Waals surface area contributed by atoms with E-state index >= 15 is 0 Å². The van der Waals surface area contributed by atoms with E-state index in [1.165, 1.54) is 24.3 Å². The minimum absolute atomic E-state index is 0.00730. The highest BCUT2D eigenvalue weighted by atomic mass is 35.5. The maximum atomic E-state index is 13.9. The highest BCUT2D eigenvalue weighted by Gasteiger charge is 2.43. The fourth-order valence-electron chi connectivity index (χ4n) is 4.49. The predicted octanol–water partition coefficient (Wildman–Crippen LogP) is 2.16. The smallest absolute Gasteiger partial charge is 0.257 e. The number of piperidine rings is 1. The summed E-state index contributed by atoms with van der Waals surface area (Å²) in [4.78, 5) is 33.4. The van der Waals surface area contributed by atoms with Crippen molar-refractivity contribution in [2.45, 2.75) is 43.8 Å². The van der Waals surface area contributed by atoms with E-state index in [4.69, 9.17) is 16.5 Å². The molecule has 0 radical (unpaired) electrons. The molecule has 1 aromatic heterocycles. The van der Waals surface area contributed by atoms with Crippen molar-refractivity contribution in [3.05, 3.63) is 53.7 Å². The molecule has 33 heavy (non-hydrogen) atoms. The number of ether oxygens (including phenoxy) is 1. The summed E-state index contributed by atoms with van der Waals surface area (Å²) in [5.74, 6) is -1.52. The van der Waals surface area contributed by atoms with Gasteiger partial charge in [0.1, 0.15) is 22.9 Å². The van der Waals surface area contributed by atoms with Crippen LogP contribution in [0.15, 0.2) is 36.5 Å². The molecule has 3 heterocycles. The van der Waals surface area contributed by atoms with Crippen molar-refractivity contribution in [2.75, 3.05) is 6.54 Å². The van der Waals surface area contributed by atoms with E-state index in [0.29, 0.717) is 12.8 Å². The second-order valence-corrected chi connectivity index (χ2v) is 8.15. The minimum Gasteiger partial charge on any atom is -0.438 e. The summed E-state index contributed by atoms with van der Waals surface area (Å²) in [6.07, 6.45) is 3.83. The van der Waals surface area contributed by atoms with E-state index in [9.17, 15) is 18.4 Å². The summed E-state index contributed by atoms with van der Waals surface area (Å²) in [5, 5.41) is 2.93. The Hall–Kier alpha value is -2.86. The van der Waals surface area contributed by atoms with Gasteiger partial charge < -0.3 is 15.0 Å². The predicted molar refractivity (Wildman–Crippen MR) is 115 cm³/mol. The highest BCUT2D eigenvalue weighted by molar-refractivity contribution is 6.13. The van der Waals surface area contributed by atoms with Gasteiger partial charge in [0.05, 0.1) is 12.7 Å². The zero-order valence-electron chi connectivity index (χ0n) is 17.5. The molecule has 2 fully saturated rings. The molecule has 2 aromatic rings. The molecule has 12 heteroatoms. The molecule has 3 atom stereocenters. The Bertz CT molecular complexity index is 998. The number of aromatic nitrogens is 1. The van der Waals surface area contributed by atoms with Crippen LogP contribution in [-0.4, -0.2) is 46.4 Å². The third-order valence-electron chi connectivity index (χ3n) is 5.82. The first-order chi connectivity index (χ1) is 15.9. The van der Waals surface area contributed by atoms with Crippen LogP contribution in [0.4, 0.5) is 8.78 Å². The largest absolute Gasteiger partial charge is 0.438 e. The van der Waals surface area contributed by atoms with E-state index in [1.807, 2.05) is 4.90 Å². The van der Waals surface area contributed by atoms with Crippen molar-refractivity contribution in [3.8, 4) is 11.6 Å². The number of amides is 2. The first-order valence-corrected chi connectivity index (χ1v) is 10.9. The zero-order chi connectivity index (χ0) is 23.4. The molecule has 2 bridgehead atoms. The summed E-state index contributed by atoms with van der Waals surface area (Å²) in [5.41, 5.74) is 5.05. The number of benzene rings is 1. The Morgan fingerprint density at radius 2 is 1.82 bits per heavy atom. The molecule has 2 saturated heterocycles. The average Bonchev–Trinajstić information content (AvgIpc) is 3.07. The van der Waals surface area contributed by atoms with Crippen molar-refractivity contribution in [1.82, 2.24) is 31.1 Å². The molecule has 4 N–H and O–H groups in total. The van der Waals surface area contributed by atoms with E-state index in [1.54, 1.807) is 0 Å². The molecule has 176 valence electrons. The third-order valence-corrected chi connectivity index (χ3v) is 5.92. The number of halogens is 3. The normalized spacial score (nSPS) is 21.7. The summed E-state index contributed by atoms with van der Waals surface area (Å²) >= 11 is 5.29. The molecule has 0 aliphatic carbocycles. The fourth-order valence-corrected chi connectivity index (χ4v) is 4.56. The second-order valence-electron chi connectivity index (χ2n) is 7.96. The van der Waals surface area contributed by atoms with E-state index in [0.717, 1.165) is 25.1 Å². The van der Waals surface area contributed by atoms with Crippen molar-refractivity contribution < 1.29 is 23.1 Å². The molecule has 2 aliphatic rings. The standard InChI is InChI=1S/C21H23ClF2N6O3/c22-28-29-26-11-19(31)30-15-3-4-16(30)9-14(8-15)27-20(32)18-7-13(24)10-25-21(18)33-17-5-1-12(23)2-6-17/h1-2,5-7,10,14-16,26,28-29H,3-4,8-9,11H2,(H,27,32)/t14?,15-,16+. The molecule has 4 rings (SSSR count). The molecule has 2 amide bonds. The summed E-state index contributed by atoms with van der Waals surface area (Å²) in [6, 6.07) is 6.08. The van der Waals surface area contributed by atoms with Gasteiger partial charge in [0.2, 0.25) is 11.8 Å². The third kappa shape index (κ3) is 5.56. The quantitative estimate of drug-likeness (QED) is 0.260. The summed E-state index contributed by atoms with van der Waals surface area (Å²) in [7, 11) is 0. The van der Waals surface area contributed by atoms with Crippen LogP contribution in [0.1, 0.15) is 36.0 Å². The maximum absolute atomic E-state index is 13.9. The molecule has 0 spiro atoms. The molecule has 9 nitrogen and oxygen atoms in total. The lowest BCUT2D eigenvalue weighted by atomic mass is 9.96. The van der Waals surface area contributed by atoms with Gasteiger partial charge >= 0.3 is 0 Å². The maximum Gasteiger partial charge on any atom is 0.257 e. The van der Waals surface area contributed by atoms with Crippen LogP contribution in [0, 0.1) is 11.6 Å². The van der Waals surface area contributed by atoms with E-state index in [-0.39, 0.29) is 47.8 Å². The van der Waals surface area contributed by atoms with Gasteiger partial charge in [-0.25, -0.2) is 19.2 Å². The average molecular weight is 481 g/mol. The van der Waals surface area contributed by atoms with Gasteiger partial charge in [0.15, 0.2) is 0 Å². The SMILES string of the molecule is O=C(NC1C[C@H]2CC[C@@H](C1)N2C(=O)CNNNCl)c1cc(F)cnc1Oc1ccc(F)cc1. The molecule has 1 aromatic carbocycles. The first-order valence-electron chi connectivity index (χ1n) is 10.5. The van der Waals surface area contributed by atoms with Gasteiger partial charge in [-0.2, -0.15) is 10.5 Å². The lowest BCUT2D eigenvalue weighted by molar-refractivity contribution is -0.135. The number of hydrazine groups is 2. The number of nitrogens with one attached hydrogen (secondary N) is 4. The minimum atomic E-state index is -0.681. The van der Waals surface area contributed by atoms with Gasteiger partial charge in [0, 0.05) is 18.1 Å². The number of nitrogens with zero attached hydrogens (tertiary/aromatic N) is 2. The second kappa shape index (κ2) is 10.4. The van der Waals surface area contributed by atoms with Crippen molar-refractivity contribution >= 4 is 23.6 Å². The number of hydrogen-bond acceptors (Lipinski definition) is 7. The lowest BCUT2D eigenvalue weighted by Crippen LogP contribution is -2.55. The van der Waals surface area contributed by atoms with E-state index in [2.05, 4.69) is 26.2 Å². The number of rotatable bonds is 8. The Labute approximate surface area is 193 Å². The van der Waals surface area contributed by atoms with Crippen LogP contribution in [-0.2, 0) is 4.79 Å². The molecule has 2 aliphatic heterocycles. The highest BCUT2D eigenvalue weighted by Crippen LogP contribution is 2.36. The van der Waals surface area contributed by atoms with Crippen molar-refractivity contribution in [3.63, 3.8) is 0 Å². The zero-order valence-corrected chi connectivity index (χ0v) is 18.2. The van der Waals surface area contributed by atoms with Crippen LogP contribution in [0.25, 0.3) is 0 Å². The van der Waals surface area contributed by atoms with Crippen LogP contribution in [0.3, 0.4) is 0 Å². The number of fused-ring (bicyclic) bond motifs is 2. The van der Waals surface area contributed by atoms with E-state index < -0.39 is 17.5 Å². The molecule has 1 unspecified atom stereocenters. The van der Waals surface area contributed by atoms with Crippen LogP contribution in [0.2, 0.25) is 0 Å². The Balaban J connectivity index is 1.41. The number of carbonyl (C=O) groups excluding carboxylic acids is 2. The van der Waals surface area contributed by atoms with Gasteiger partial charge in [-0.15, -0.1) is 0 Å². The van der Waals surface area contributed by atoms with Gasteiger partial charge in [-0.1, -0.05) is 0 Å². The van der Waals surface area contributed by atoms with Crippen LogP contribution < -0.4 is 26.0 Å². The number of hydrogen-bond donors (Lipinski definition) is 4. The van der Waals surface area contributed by atoms with Gasteiger partial charge in [-0.05, 0) is 67.8 Å². The Kier molecular flexibility index (Phi) is 7.33. The summed E-state index contributed by atoms with van der Waals surface area (Å²) in [6.45, 7) is 0.0722. The Morgan fingerprint density at radius 1 is 1.12 bits per heavy atom. The van der Waals surface area contributed by atoms with Crippen molar-refractivity contribution in [1.29, 1.82) is 0 Å².